The zero-order valence-electron chi connectivity index (χ0n) is 9.63. The Balaban J connectivity index is 2.15. The summed E-state index contributed by atoms with van der Waals surface area (Å²) in [6, 6.07) is 9.39. The number of benzene rings is 1. The number of pyridine rings is 1. The lowest BCUT2D eigenvalue weighted by Gasteiger charge is -2.05. The molecule has 2 aromatic rings. The Morgan fingerprint density at radius 3 is 2.47 bits per heavy atom. The molecular formula is C13H9ClN2O3. The highest BCUT2D eigenvalue weighted by Crippen LogP contribution is 2.16. The van der Waals surface area contributed by atoms with E-state index in [1.54, 1.807) is 24.3 Å². The molecule has 96 valence electrons. The van der Waals surface area contributed by atoms with Gasteiger partial charge in [0.05, 0.1) is 16.1 Å². The number of hydrogen-bond donors (Lipinski definition) is 2. The largest absolute Gasteiger partial charge is 0.478 e. The van der Waals surface area contributed by atoms with Gasteiger partial charge in [-0.1, -0.05) is 23.7 Å². The molecule has 1 aromatic carbocycles. The van der Waals surface area contributed by atoms with Gasteiger partial charge in [0, 0.05) is 6.20 Å². The fourth-order valence-electron chi connectivity index (χ4n) is 1.42. The van der Waals surface area contributed by atoms with Gasteiger partial charge >= 0.3 is 5.97 Å². The summed E-state index contributed by atoms with van der Waals surface area (Å²) in [7, 11) is 0. The van der Waals surface area contributed by atoms with Crippen molar-refractivity contribution in [3.05, 3.63) is 58.7 Å². The Hall–Kier alpha value is -2.40. The summed E-state index contributed by atoms with van der Waals surface area (Å²) in [5.74, 6) is -1.22. The average molecular weight is 277 g/mol. The van der Waals surface area contributed by atoms with E-state index in [1.807, 2.05) is 0 Å². The molecule has 6 heteroatoms. The summed E-state index contributed by atoms with van der Waals surface area (Å²) < 4.78 is 0. The smallest absolute Gasteiger partial charge is 0.337 e. The number of nitrogens with one attached hydrogen (secondary N) is 1. The topological polar surface area (TPSA) is 79.3 Å². The monoisotopic (exact) mass is 276 g/mol. The molecule has 0 aliphatic heterocycles. The van der Waals surface area contributed by atoms with Crippen molar-refractivity contribution in [1.82, 2.24) is 4.98 Å². The van der Waals surface area contributed by atoms with Crippen molar-refractivity contribution >= 4 is 29.3 Å². The van der Waals surface area contributed by atoms with Crippen LogP contribution in [0.25, 0.3) is 0 Å². The Labute approximate surface area is 113 Å². The zero-order chi connectivity index (χ0) is 13.8. The number of nitrogens with zero attached hydrogens (tertiary/aromatic N) is 1. The lowest BCUT2D eigenvalue weighted by atomic mass is 10.2. The van der Waals surface area contributed by atoms with Gasteiger partial charge in [0.1, 0.15) is 5.82 Å². The van der Waals surface area contributed by atoms with Crippen molar-refractivity contribution in [1.29, 1.82) is 0 Å². The Morgan fingerprint density at radius 2 is 1.89 bits per heavy atom. The quantitative estimate of drug-likeness (QED) is 0.903. The number of aromatic carboxylic acids is 1. The van der Waals surface area contributed by atoms with E-state index in [-0.39, 0.29) is 11.4 Å². The number of rotatable bonds is 3. The average Bonchev–Trinajstić information content (AvgIpc) is 2.39. The molecule has 0 saturated heterocycles. The zero-order valence-corrected chi connectivity index (χ0v) is 10.4. The second-order valence-electron chi connectivity index (χ2n) is 3.67. The van der Waals surface area contributed by atoms with Crippen molar-refractivity contribution in [2.45, 2.75) is 0 Å². The SMILES string of the molecule is O=C(O)c1ccc(NC(=O)c2ccccc2Cl)nc1. The molecule has 19 heavy (non-hydrogen) atoms. The van der Waals surface area contributed by atoms with Crippen molar-refractivity contribution < 1.29 is 14.7 Å². The second kappa shape index (κ2) is 5.49. The van der Waals surface area contributed by atoms with Gasteiger partial charge in [-0.3, -0.25) is 4.79 Å². The Kier molecular flexibility index (Phi) is 3.77. The van der Waals surface area contributed by atoms with Gasteiger partial charge in [-0.25, -0.2) is 9.78 Å². The maximum atomic E-state index is 11.9. The maximum absolute atomic E-state index is 11.9. The first-order valence-corrected chi connectivity index (χ1v) is 5.71. The fourth-order valence-corrected chi connectivity index (χ4v) is 1.64. The standard InChI is InChI=1S/C13H9ClN2O3/c14-10-4-2-1-3-9(10)12(17)16-11-6-5-8(7-15-11)13(18)19/h1-7H,(H,18,19)(H,15,16,17). The first-order chi connectivity index (χ1) is 9.08. The van der Waals surface area contributed by atoms with Crippen LogP contribution in [0.5, 0.6) is 0 Å². The van der Waals surface area contributed by atoms with Gasteiger partial charge in [0.2, 0.25) is 0 Å². The van der Waals surface area contributed by atoms with Crippen molar-refractivity contribution in [3.8, 4) is 0 Å². The fraction of sp³-hybridized carbons (Fsp3) is 0. The van der Waals surface area contributed by atoms with Gasteiger partial charge in [0.25, 0.3) is 5.91 Å². The van der Waals surface area contributed by atoms with Gasteiger partial charge in [0.15, 0.2) is 0 Å². The summed E-state index contributed by atoms with van der Waals surface area (Å²) in [5.41, 5.74) is 0.379. The minimum absolute atomic E-state index is 0.0516. The first kappa shape index (κ1) is 13.0. The van der Waals surface area contributed by atoms with E-state index < -0.39 is 11.9 Å². The number of carboxylic acids is 1. The molecule has 0 fully saturated rings. The van der Waals surface area contributed by atoms with E-state index in [9.17, 15) is 9.59 Å². The summed E-state index contributed by atoms with van der Waals surface area (Å²) in [6.07, 6.45) is 1.17. The van der Waals surface area contributed by atoms with Crippen LogP contribution in [0.4, 0.5) is 5.82 Å². The Bertz CT molecular complexity index is 626. The number of halogens is 1. The van der Waals surface area contributed by atoms with Crippen molar-refractivity contribution in [3.63, 3.8) is 0 Å². The molecule has 2 N–H and O–H groups in total. The number of amides is 1. The summed E-state index contributed by atoms with van der Waals surface area (Å²) in [5, 5.41) is 11.6. The number of anilines is 1. The normalized spacial score (nSPS) is 9.95. The molecule has 0 saturated carbocycles. The number of hydrogen-bond acceptors (Lipinski definition) is 3. The van der Waals surface area contributed by atoms with Gasteiger partial charge in [-0.05, 0) is 24.3 Å². The van der Waals surface area contributed by atoms with Crippen LogP contribution < -0.4 is 5.32 Å². The number of carboxylic acid groups (broad SMARTS) is 1. The molecule has 2 rings (SSSR count). The summed E-state index contributed by atoms with van der Waals surface area (Å²) in [4.78, 5) is 26.4. The van der Waals surface area contributed by atoms with E-state index in [2.05, 4.69) is 10.3 Å². The molecule has 0 aliphatic carbocycles. The van der Waals surface area contributed by atoms with Gasteiger partial charge in [-0.15, -0.1) is 0 Å². The lowest BCUT2D eigenvalue weighted by molar-refractivity contribution is 0.0696. The first-order valence-electron chi connectivity index (χ1n) is 5.33. The predicted molar refractivity (Wildman–Crippen MR) is 70.6 cm³/mol. The molecule has 1 aromatic heterocycles. The molecule has 0 atom stereocenters. The van der Waals surface area contributed by atoms with Crippen LogP contribution in [0.15, 0.2) is 42.6 Å². The van der Waals surface area contributed by atoms with Crippen LogP contribution in [0, 0.1) is 0 Å². The van der Waals surface area contributed by atoms with E-state index in [0.29, 0.717) is 10.6 Å². The molecule has 1 amide bonds. The van der Waals surface area contributed by atoms with E-state index in [1.165, 1.54) is 18.3 Å². The van der Waals surface area contributed by atoms with Crippen LogP contribution in [0.1, 0.15) is 20.7 Å². The highest BCUT2D eigenvalue weighted by molar-refractivity contribution is 6.34. The minimum atomic E-state index is -1.07. The molecule has 0 unspecified atom stereocenters. The molecule has 0 bridgehead atoms. The third kappa shape index (κ3) is 3.08. The van der Waals surface area contributed by atoms with Crippen LogP contribution >= 0.6 is 11.6 Å². The van der Waals surface area contributed by atoms with E-state index in [4.69, 9.17) is 16.7 Å². The molecule has 0 aliphatic rings. The van der Waals surface area contributed by atoms with Crippen molar-refractivity contribution in [2.24, 2.45) is 0 Å². The lowest BCUT2D eigenvalue weighted by Crippen LogP contribution is -2.13. The Morgan fingerprint density at radius 1 is 1.16 bits per heavy atom. The molecule has 0 spiro atoms. The summed E-state index contributed by atoms with van der Waals surface area (Å²) >= 11 is 5.89. The van der Waals surface area contributed by atoms with Gasteiger partial charge in [-0.2, -0.15) is 0 Å². The van der Waals surface area contributed by atoms with Crippen LogP contribution in [0.3, 0.4) is 0 Å². The number of carbonyl (C=O) groups excluding carboxylic acids is 1. The second-order valence-corrected chi connectivity index (χ2v) is 4.08. The minimum Gasteiger partial charge on any atom is -0.478 e. The highest BCUT2D eigenvalue weighted by Gasteiger charge is 2.10. The number of aromatic nitrogens is 1. The third-order valence-corrected chi connectivity index (χ3v) is 2.70. The maximum Gasteiger partial charge on any atom is 0.337 e. The number of carbonyl (C=O) groups is 2. The molecule has 1 heterocycles. The van der Waals surface area contributed by atoms with Crippen LogP contribution in [-0.4, -0.2) is 22.0 Å². The van der Waals surface area contributed by atoms with Gasteiger partial charge < -0.3 is 10.4 Å². The van der Waals surface area contributed by atoms with Crippen molar-refractivity contribution in [2.75, 3.05) is 5.32 Å². The summed E-state index contributed by atoms with van der Waals surface area (Å²) in [6.45, 7) is 0. The van der Waals surface area contributed by atoms with E-state index >= 15 is 0 Å². The highest BCUT2D eigenvalue weighted by atomic mass is 35.5. The van der Waals surface area contributed by atoms with E-state index in [0.717, 1.165) is 0 Å². The third-order valence-electron chi connectivity index (χ3n) is 2.37. The molecular weight excluding hydrogens is 268 g/mol. The predicted octanol–water partition coefficient (Wildman–Crippen LogP) is 2.69. The molecule has 5 nitrogen and oxygen atoms in total. The molecule has 0 radical (unpaired) electrons. The van der Waals surface area contributed by atoms with Crippen LogP contribution in [-0.2, 0) is 0 Å². The van der Waals surface area contributed by atoms with Crippen LogP contribution in [0.2, 0.25) is 5.02 Å².